The minimum Gasteiger partial charge on any atom is -0.355 e. The third-order valence-electron chi connectivity index (χ3n) is 4.46. The summed E-state index contributed by atoms with van der Waals surface area (Å²) in [6.07, 6.45) is 2.80. The highest BCUT2D eigenvalue weighted by Crippen LogP contribution is 2.26. The van der Waals surface area contributed by atoms with Crippen LogP contribution in [0.5, 0.6) is 0 Å². The van der Waals surface area contributed by atoms with Crippen LogP contribution in [0, 0.1) is 20.8 Å². The molecule has 0 aliphatic rings. The lowest BCUT2D eigenvalue weighted by molar-refractivity contribution is -0.119. The van der Waals surface area contributed by atoms with Crippen LogP contribution in [0.4, 0.5) is 5.69 Å². The molecule has 5 nitrogen and oxygen atoms in total. The number of nitrogens with zero attached hydrogens (tertiary/aromatic N) is 1. The lowest BCUT2D eigenvalue weighted by Gasteiger charge is -2.25. The van der Waals surface area contributed by atoms with E-state index in [0.29, 0.717) is 12.2 Å². The Hall–Kier alpha value is -2.34. The Kier molecular flexibility index (Phi) is 7.02. The van der Waals surface area contributed by atoms with Gasteiger partial charge in [0.15, 0.2) is 0 Å². The topological polar surface area (TPSA) is 66.5 Å². The van der Waals surface area contributed by atoms with Gasteiger partial charge in [0.2, 0.25) is 15.9 Å². The number of amides is 1. The van der Waals surface area contributed by atoms with Crippen LogP contribution in [-0.2, 0) is 21.2 Å². The van der Waals surface area contributed by atoms with Gasteiger partial charge < -0.3 is 5.32 Å². The largest absolute Gasteiger partial charge is 0.355 e. The summed E-state index contributed by atoms with van der Waals surface area (Å²) in [5.41, 5.74) is 4.68. The fraction of sp³-hybridized carbons (Fsp3) is 0.381. The van der Waals surface area contributed by atoms with Gasteiger partial charge in [-0.25, -0.2) is 8.42 Å². The van der Waals surface area contributed by atoms with E-state index in [4.69, 9.17) is 0 Å². The molecule has 0 aliphatic heterocycles. The van der Waals surface area contributed by atoms with Gasteiger partial charge in [0.05, 0.1) is 11.9 Å². The molecule has 2 aromatic carbocycles. The molecule has 0 aliphatic carbocycles. The summed E-state index contributed by atoms with van der Waals surface area (Å²) in [5, 5.41) is 2.83. The lowest BCUT2D eigenvalue weighted by Crippen LogP contribution is -2.41. The van der Waals surface area contributed by atoms with Gasteiger partial charge in [-0.05, 0) is 50.3 Å². The zero-order chi connectivity index (χ0) is 20.0. The van der Waals surface area contributed by atoms with Crippen molar-refractivity contribution in [3.05, 3.63) is 64.7 Å². The Bertz CT molecular complexity index is 870. The van der Waals surface area contributed by atoms with Gasteiger partial charge in [0.25, 0.3) is 0 Å². The molecule has 2 aromatic rings. The molecule has 0 saturated carbocycles. The summed E-state index contributed by atoms with van der Waals surface area (Å²) in [4.78, 5) is 12.3. The highest BCUT2D eigenvalue weighted by atomic mass is 32.2. The van der Waals surface area contributed by atoms with Crippen LogP contribution >= 0.6 is 0 Å². The first-order valence-corrected chi connectivity index (χ1v) is 10.9. The predicted molar refractivity (Wildman–Crippen MR) is 111 cm³/mol. The van der Waals surface area contributed by atoms with Crippen LogP contribution in [0.2, 0.25) is 0 Å². The predicted octanol–water partition coefficient (Wildman–Crippen LogP) is 3.13. The second kappa shape index (κ2) is 9.04. The molecule has 0 heterocycles. The van der Waals surface area contributed by atoms with Crippen molar-refractivity contribution in [3.63, 3.8) is 0 Å². The van der Waals surface area contributed by atoms with Crippen molar-refractivity contribution < 1.29 is 13.2 Å². The summed E-state index contributed by atoms with van der Waals surface area (Å²) >= 11 is 0. The van der Waals surface area contributed by atoms with Crippen molar-refractivity contribution in [2.45, 2.75) is 33.6 Å². The molecular weight excluding hydrogens is 360 g/mol. The first-order chi connectivity index (χ1) is 12.7. The van der Waals surface area contributed by atoms with Crippen LogP contribution in [0.25, 0.3) is 0 Å². The standard InChI is InChI=1S/C21H28N2O3S/c1-16-10-12-19(13-11-16)9-6-14-22-20(24)15-23(27(4,25)26)21-17(2)7-5-8-18(21)3/h5,7-8,10-13H,6,9,14-15H2,1-4H3,(H,22,24). The number of sulfonamides is 1. The molecule has 0 aromatic heterocycles. The number of hydrogen-bond donors (Lipinski definition) is 1. The molecule has 0 radical (unpaired) electrons. The van der Waals surface area contributed by atoms with Gasteiger partial charge in [-0.3, -0.25) is 9.10 Å². The molecule has 1 amide bonds. The van der Waals surface area contributed by atoms with Crippen molar-refractivity contribution >= 4 is 21.6 Å². The maximum atomic E-state index is 12.3. The molecule has 0 atom stereocenters. The average Bonchev–Trinajstić information content (AvgIpc) is 2.58. The zero-order valence-corrected chi connectivity index (χ0v) is 17.3. The highest BCUT2D eigenvalue weighted by molar-refractivity contribution is 7.92. The van der Waals surface area contributed by atoms with Crippen LogP contribution in [0.3, 0.4) is 0 Å². The van der Waals surface area contributed by atoms with E-state index in [9.17, 15) is 13.2 Å². The van der Waals surface area contributed by atoms with Gasteiger partial charge in [0, 0.05) is 6.54 Å². The van der Waals surface area contributed by atoms with Crippen LogP contribution in [0.15, 0.2) is 42.5 Å². The second-order valence-electron chi connectivity index (χ2n) is 6.95. The summed E-state index contributed by atoms with van der Waals surface area (Å²) in [6.45, 7) is 6.04. The minimum atomic E-state index is -3.56. The molecule has 2 rings (SSSR count). The zero-order valence-electron chi connectivity index (χ0n) is 16.5. The first kappa shape index (κ1) is 21.0. The summed E-state index contributed by atoms with van der Waals surface area (Å²) in [6, 6.07) is 13.9. The van der Waals surface area contributed by atoms with E-state index in [1.165, 1.54) is 15.4 Å². The molecular formula is C21H28N2O3S. The number of aryl methyl sites for hydroxylation is 4. The number of hydrogen-bond acceptors (Lipinski definition) is 3. The number of carbonyl (C=O) groups excluding carboxylic acids is 1. The van der Waals surface area contributed by atoms with E-state index in [0.717, 1.165) is 30.2 Å². The van der Waals surface area contributed by atoms with Gasteiger partial charge in [-0.1, -0.05) is 48.0 Å². The van der Waals surface area contributed by atoms with Crippen molar-refractivity contribution in [1.29, 1.82) is 0 Å². The monoisotopic (exact) mass is 388 g/mol. The maximum Gasteiger partial charge on any atom is 0.240 e. The second-order valence-corrected chi connectivity index (χ2v) is 8.86. The smallest absolute Gasteiger partial charge is 0.240 e. The van der Waals surface area contributed by atoms with Crippen molar-refractivity contribution in [1.82, 2.24) is 5.32 Å². The van der Waals surface area contributed by atoms with Gasteiger partial charge in [0.1, 0.15) is 6.54 Å². The summed E-state index contributed by atoms with van der Waals surface area (Å²) in [7, 11) is -3.56. The van der Waals surface area contributed by atoms with Crippen molar-refractivity contribution in [2.24, 2.45) is 0 Å². The van der Waals surface area contributed by atoms with Crippen molar-refractivity contribution in [3.8, 4) is 0 Å². The molecule has 0 fully saturated rings. The Morgan fingerprint density at radius 2 is 1.59 bits per heavy atom. The third kappa shape index (κ3) is 6.10. The molecule has 146 valence electrons. The molecule has 0 unspecified atom stereocenters. The number of rotatable bonds is 8. The Balaban J connectivity index is 1.95. The maximum absolute atomic E-state index is 12.3. The molecule has 1 N–H and O–H groups in total. The van der Waals surface area contributed by atoms with Gasteiger partial charge in [-0.2, -0.15) is 0 Å². The number of anilines is 1. The molecule has 0 saturated heterocycles. The van der Waals surface area contributed by atoms with E-state index in [1.807, 2.05) is 39.0 Å². The van der Waals surface area contributed by atoms with Gasteiger partial charge >= 0.3 is 0 Å². The first-order valence-electron chi connectivity index (χ1n) is 9.04. The fourth-order valence-electron chi connectivity index (χ4n) is 3.02. The third-order valence-corrected chi connectivity index (χ3v) is 5.57. The van der Waals surface area contributed by atoms with Crippen LogP contribution in [0.1, 0.15) is 28.7 Å². The minimum absolute atomic E-state index is 0.213. The number of nitrogens with one attached hydrogen (secondary N) is 1. The summed E-state index contributed by atoms with van der Waals surface area (Å²) < 4.78 is 25.7. The van der Waals surface area contributed by atoms with E-state index in [2.05, 4.69) is 29.6 Å². The van der Waals surface area contributed by atoms with Crippen LogP contribution < -0.4 is 9.62 Å². The van der Waals surface area contributed by atoms with E-state index >= 15 is 0 Å². The molecule has 0 spiro atoms. The Morgan fingerprint density at radius 3 is 2.15 bits per heavy atom. The molecule has 27 heavy (non-hydrogen) atoms. The SMILES string of the molecule is Cc1ccc(CCCNC(=O)CN(c2c(C)cccc2C)S(C)(=O)=O)cc1. The fourth-order valence-corrected chi connectivity index (χ4v) is 3.99. The number of carbonyl (C=O) groups is 1. The normalized spacial score (nSPS) is 11.3. The molecule has 6 heteroatoms. The number of para-hydroxylation sites is 1. The summed E-state index contributed by atoms with van der Waals surface area (Å²) in [5.74, 6) is -0.299. The number of benzene rings is 2. The Labute approximate surface area is 162 Å². The lowest BCUT2D eigenvalue weighted by atomic mass is 10.1. The quantitative estimate of drug-likeness (QED) is 0.707. The van der Waals surface area contributed by atoms with Crippen molar-refractivity contribution in [2.75, 3.05) is 23.7 Å². The van der Waals surface area contributed by atoms with E-state index < -0.39 is 10.0 Å². The Morgan fingerprint density at radius 1 is 1.00 bits per heavy atom. The van der Waals surface area contributed by atoms with Gasteiger partial charge in [-0.15, -0.1) is 0 Å². The molecule has 0 bridgehead atoms. The van der Waals surface area contributed by atoms with E-state index in [-0.39, 0.29) is 12.5 Å². The average molecular weight is 389 g/mol. The van der Waals surface area contributed by atoms with E-state index in [1.54, 1.807) is 0 Å². The highest BCUT2D eigenvalue weighted by Gasteiger charge is 2.23. The van der Waals surface area contributed by atoms with Crippen LogP contribution in [-0.4, -0.2) is 33.7 Å².